The number of nitrogens with one attached hydrogen (secondary N) is 2. The van der Waals surface area contributed by atoms with Gasteiger partial charge in [-0.3, -0.25) is 19.2 Å². The summed E-state index contributed by atoms with van der Waals surface area (Å²) >= 11 is 0. The van der Waals surface area contributed by atoms with Gasteiger partial charge in [0.05, 0.1) is 6.54 Å². The predicted molar refractivity (Wildman–Crippen MR) is 128 cm³/mol. The smallest absolute Gasteiger partial charge is 0.243 e. The summed E-state index contributed by atoms with van der Waals surface area (Å²) in [6.07, 6.45) is 0.171. The second-order valence-electron chi connectivity index (χ2n) is 7.93. The molecule has 4 amide bonds. The molecule has 0 aliphatic heterocycles. The summed E-state index contributed by atoms with van der Waals surface area (Å²) in [5, 5.41) is 8.95. The Hall–Kier alpha value is -4.47. The Kier molecular flexibility index (Phi) is 8.71. The third kappa shape index (κ3) is 7.81. The Labute approximate surface area is 202 Å². The van der Waals surface area contributed by atoms with Gasteiger partial charge in [-0.25, -0.2) is 0 Å². The second-order valence-corrected chi connectivity index (χ2v) is 7.93. The summed E-state index contributed by atoms with van der Waals surface area (Å²) in [6.45, 7) is -0.380. The first kappa shape index (κ1) is 25.2. The number of nitrogens with zero attached hydrogens (tertiary/aromatic N) is 1. The van der Waals surface area contributed by atoms with E-state index in [9.17, 15) is 19.2 Å². The molecule has 2 aromatic carbocycles. The molecule has 0 fully saturated rings. The van der Waals surface area contributed by atoms with Gasteiger partial charge in [0.25, 0.3) is 0 Å². The van der Waals surface area contributed by atoms with Crippen molar-refractivity contribution in [1.82, 2.24) is 15.8 Å². The molecule has 1 heterocycles. The Bertz CT molecular complexity index is 1170. The van der Waals surface area contributed by atoms with Gasteiger partial charge in [-0.05, 0) is 17.5 Å². The van der Waals surface area contributed by atoms with Crippen molar-refractivity contribution in [2.45, 2.75) is 31.7 Å². The van der Waals surface area contributed by atoms with E-state index in [1.54, 1.807) is 6.07 Å². The van der Waals surface area contributed by atoms with E-state index in [-0.39, 0.29) is 32.2 Å². The number of aromatic nitrogens is 1. The molecule has 10 heteroatoms. The van der Waals surface area contributed by atoms with Gasteiger partial charge in [0.2, 0.25) is 23.6 Å². The summed E-state index contributed by atoms with van der Waals surface area (Å²) in [6, 6.07) is 18.6. The van der Waals surface area contributed by atoms with Crippen LogP contribution >= 0.6 is 0 Å². The maximum atomic E-state index is 12.4. The molecule has 182 valence electrons. The van der Waals surface area contributed by atoms with Gasteiger partial charge in [-0.1, -0.05) is 59.8 Å². The second kappa shape index (κ2) is 12.1. The first-order chi connectivity index (χ1) is 16.8. The summed E-state index contributed by atoms with van der Waals surface area (Å²) in [5.41, 5.74) is 13.9. The average molecular weight is 478 g/mol. The Morgan fingerprint density at radius 2 is 1.51 bits per heavy atom. The van der Waals surface area contributed by atoms with E-state index in [4.69, 9.17) is 16.0 Å². The number of rotatable bonds is 12. The van der Waals surface area contributed by atoms with Gasteiger partial charge in [-0.15, -0.1) is 0 Å². The van der Waals surface area contributed by atoms with Gasteiger partial charge >= 0.3 is 0 Å². The van der Waals surface area contributed by atoms with E-state index in [0.29, 0.717) is 11.5 Å². The van der Waals surface area contributed by atoms with Crippen molar-refractivity contribution in [3.8, 4) is 22.4 Å². The van der Waals surface area contributed by atoms with Crippen molar-refractivity contribution in [3.63, 3.8) is 0 Å². The van der Waals surface area contributed by atoms with Crippen molar-refractivity contribution >= 4 is 23.6 Å². The fourth-order valence-corrected chi connectivity index (χ4v) is 3.39. The molecule has 35 heavy (non-hydrogen) atoms. The van der Waals surface area contributed by atoms with Crippen LogP contribution in [0.25, 0.3) is 22.4 Å². The summed E-state index contributed by atoms with van der Waals surface area (Å²) in [7, 11) is 0. The number of hydrogen-bond donors (Lipinski definition) is 4. The molecule has 1 unspecified atom stereocenters. The van der Waals surface area contributed by atoms with Crippen molar-refractivity contribution in [2.24, 2.45) is 11.5 Å². The minimum atomic E-state index is -1.03. The van der Waals surface area contributed by atoms with Crippen LogP contribution in [0.2, 0.25) is 0 Å². The largest absolute Gasteiger partial charge is 0.370 e. The highest BCUT2D eigenvalue weighted by molar-refractivity contribution is 5.90. The number of aryl methyl sites for hydroxylation is 1. The zero-order valence-electron chi connectivity index (χ0n) is 19.0. The minimum Gasteiger partial charge on any atom is -0.370 e. The third-order valence-corrected chi connectivity index (χ3v) is 5.21. The number of benzene rings is 2. The molecular weight excluding hydrogens is 450 g/mol. The highest BCUT2D eigenvalue weighted by Gasteiger charge is 2.22. The number of carbonyl (C=O) groups excluding carboxylic acids is 4. The van der Waals surface area contributed by atoms with Gasteiger partial charge in [0.15, 0.2) is 0 Å². The monoisotopic (exact) mass is 477 g/mol. The van der Waals surface area contributed by atoms with Crippen LogP contribution in [0.15, 0.2) is 65.2 Å². The zero-order valence-corrected chi connectivity index (χ0v) is 19.0. The van der Waals surface area contributed by atoms with Gasteiger partial charge in [0, 0.05) is 30.9 Å². The Morgan fingerprint density at radius 1 is 0.857 bits per heavy atom. The quantitative estimate of drug-likeness (QED) is 0.306. The molecule has 0 bridgehead atoms. The molecule has 6 N–H and O–H groups in total. The van der Waals surface area contributed by atoms with Crippen molar-refractivity contribution < 1.29 is 23.7 Å². The Balaban J connectivity index is 1.55. The van der Waals surface area contributed by atoms with Gasteiger partial charge < -0.3 is 26.6 Å². The molecule has 0 spiro atoms. The first-order valence-electron chi connectivity index (χ1n) is 11.1. The SMILES string of the molecule is NC(=O)CCC(NC(=O)CCc1cc(-c2ccc(-c3ccccc3)cc2)no1)C(=O)NCC(N)=O. The lowest BCUT2D eigenvalue weighted by molar-refractivity contribution is -0.130. The molecule has 0 saturated carbocycles. The molecule has 3 rings (SSSR count). The predicted octanol–water partition coefficient (Wildman–Crippen LogP) is 1.29. The molecule has 0 radical (unpaired) electrons. The zero-order chi connectivity index (χ0) is 25.2. The number of amides is 4. The molecule has 0 aliphatic rings. The maximum Gasteiger partial charge on any atom is 0.243 e. The van der Waals surface area contributed by atoms with Crippen molar-refractivity contribution in [2.75, 3.05) is 6.54 Å². The molecule has 3 aromatic rings. The fraction of sp³-hybridized carbons (Fsp3) is 0.240. The number of primary amides is 2. The van der Waals surface area contributed by atoms with Crippen LogP contribution in [0.3, 0.4) is 0 Å². The standard InChI is InChI=1S/C25H27N5O5/c26-22(31)12-11-20(25(34)28-15-23(27)32)29-24(33)13-10-19-14-21(30-35-19)18-8-6-17(7-9-18)16-4-2-1-3-5-16/h1-9,14,20H,10-13,15H2,(H2,26,31)(H2,27,32)(H,28,34)(H,29,33). The minimum absolute atomic E-state index is 0.00288. The van der Waals surface area contributed by atoms with E-state index in [1.807, 2.05) is 54.6 Å². The number of carbonyl (C=O) groups is 4. The van der Waals surface area contributed by atoms with E-state index < -0.39 is 29.7 Å². The van der Waals surface area contributed by atoms with Crippen LogP contribution in [0.5, 0.6) is 0 Å². The average Bonchev–Trinajstić information content (AvgIpc) is 3.33. The van der Waals surface area contributed by atoms with Crippen LogP contribution in [0.4, 0.5) is 0 Å². The maximum absolute atomic E-state index is 12.4. The van der Waals surface area contributed by atoms with E-state index in [0.717, 1.165) is 16.7 Å². The van der Waals surface area contributed by atoms with Crippen molar-refractivity contribution in [1.29, 1.82) is 0 Å². The third-order valence-electron chi connectivity index (χ3n) is 5.21. The summed E-state index contributed by atoms with van der Waals surface area (Å²) < 4.78 is 5.36. The molecule has 10 nitrogen and oxygen atoms in total. The van der Waals surface area contributed by atoms with Crippen molar-refractivity contribution in [3.05, 3.63) is 66.4 Å². The molecule has 0 saturated heterocycles. The van der Waals surface area contributed by atoms with E-state index in [1.165, 1.54) is 0 Å². The topological polar surface area (TPSA) is 170 Å². The van der Waals surface area contributed by atoms with Crippen LogP contribution < -0.4 is 22.1 Å². The van der Waals surface area contributed by atoms with Crippen LogP contribution in [-0.4, -0.2) is 41.4 Å². The lowest BCUT2D eigenvalue weighted by atomic mass is 10.0. The lowest BCUT2D eigenvalue weighted by Gasteiger charge is -2.17. The molecular formula is C25H27N5O5. The van der Waals surface area contributed by atoms with Crippen LogP contribution in [0, 0.1) is 0 Å². The highest BCUT2D eigenvalue weighted by Crippen LogP contribution is 2.25. The highest BCUT2D eigenvalue weighted by atomic mass is 16.5. The molecule has 0 aliphatic carbocycles. The summed E-state index contributed by atoms with van der Waals surface area (Å²) in [5.74, 6) is -1.89. The molecule has 1 atom stereocenters. The molecule has 1 aromatic heterocycles. The van der Waals surface area contributed by atoms with Gasteiger partial charge in [-0.2, -0.15) is 0 Å². The lowest BCUT2D eigenvalue weighted by Crippen LogP contribution is -2.48. The fourth-order valence-electron chi connectivity index (χ4n) is 3.39. The summed E-state index contributed by atoms with van der Waals surface area (Å²) in [4.78, 5) is 46.6. The van der Waals surface area contributed by atoms with Crippen LogP contribution in [0.1, 0.15) is 25.0 Å². The van der Waals surface area contributed by atoms with E-state index in [2.05, 4.69) is 15.8 Å². The Morgan fingerprint density at radius 3 is 2.17 bits per heavy atom. The first-order valence-corrected chi connectivity index (χ1v) is 11.1. The number of nitrogens with two attached hydrogens (primary N) is 2. The van der Waals surface area contributed by atoms with Gasteiger partial charge in [0.1, 0.15) is 17.5 Å². The normalized spacial score (nSPS) is 11.4. The number of hydrogen-bond acceptors (Lipinski definition) is 6. The van der Waals surface area contributed by atoms with E-state index >= 15 is 0 Å². The van der Waals surface area contributed by atoms with Crippen LogP contribution in [-0.2, 0) is 25.6 Å².